The van der Waals surface area contributed by atoms with Gasteiger partial charge in [-0.2, -0.15) is 4.68 Å². The normalized spacial score (nSPS) is 14.6. The van der Waals surface area contributed by atoms with E-state index >= 15 is 0 Å². The second-order valence-electron chi connectivity index (χ2n) is 6.74. The molecule has 2 aromatic carbocycles. The summed E-state index contributed by atoms with van der Waals surface area (Å²) in [7, 11) is 1.61. The second-order valence-corrected chi connectivity index (χ2v) is 7.51. The van der Waals surface area contributed by atoms with E-state index in [1.165, 1.54) is 30.8 Å². The number of methoxy groups -OCH3 is 1. The summed E-state index contributed by atoms with van der Waals surface area (Å²) in [6.07, 6.45) is 2.53. The van der Waals surface area contributed by atoms with Crippen LogP contribution in [0.4, 0.5) is 0 Å². The van der Waals surface area contributed by atoms with Crippen LogP contribution in [0.3, 0.4) is 0 Å². The molecule has 1 aromatic heterocycles. The van der Waals surface area contributed by atoms with Crippen molar-refractivity contribution in [2.24, 2.45) is 0 Å². The molecule has 0 bridgehead atoms. The van der Waals surface area contributed by atoms with Crippen LogP contribution in [0.1, 0.15) is 12.8 Å². The van der Waals surface area contributed by atoms with Crippen LogP contribution in [-0.4, -0.2) is 34.5 Å². The highest BCUT2D eigenvalue weighted by Crippen LogP contribution is 2.29. The fourth-order valence-corrected chi connectivity index (χ4v) is 4.11. The Morgan fingerprint density at radius 2 is 1.89 bits per heavy atom. The number of rotatable bonds is 5. The van der Waals surface area contributed by atoms with Gasteiger partial charge < -0.3 is 9.64 Å². The monoisotopic (exact) mass is 401 g/mol. The smallest absolute Gasteiger partial charge is 0.207 e. The van der Waals surface area contributed by atoms with Gasteiger partial charge in [-0.1, -0.05) is 41.9 Å². The predicted octanol–water partition coefficient (Wildman–Crippen LogP) is 3.37. The molecule has 5 nitrogen and oxygen atoms in total. The Bertz CT molecular complexity index is 993. The lowest BCUT2D eigenvalue weighted by Crippen LogP contribution is -3.09. The number of likely N-dealkylation sites (tertiary alicyclic amines) is 1. The quantitative estimate of drug-likeness (QED) is 0.666. The van der Waals surface area contributed by atoms with Crippen LogP contribution in [-0.2, 0) is 6.67 Å². The van der Waals surface area contributed by atoms with E-state index in [0.717, 1.165) is 23.7 Å². The van der Waals surface area contributed by atoms with Crippen molar-refractivity contribution in [1.82, 2.24) is 14.3 Å². The third-order valence-electron chi connectivity index (χ3n) is 4.95. The maximum Gasteiger partial charge on any atom is 0.207 e. The van der Waals surface area contributed by atoms with Crippen LogP contribution in [0.15, 0.2) is 48.5 Å². The molecule has 0 spiro atoms. The van der Waals surface area contributed by atoms with Gasteiger partial charge in [0.05, 0.1) is 30.9 Å². The van der Waals surface area contributed by atoms with E-state index in [0.29, 0.717) is 15.5 Å². The van der Waals surface area contributed by atoms with E-state index < -0.39 is 0 Å². The molecule has 1 saturated heterocycles. The molecule has 2 heterocycles. The number of hydrogen-bond acceptors (Lipinski definition) is 3. The van der Waals surface area contributed by atoms with Crippen LogP contribution >= 0.6 is 23.8 Å². The average molecular weight is 402 g/mol. The third-order valence-corrected chi connectivity index (χ3v) is 5.64. The van der Waals surface area contributed by atoms with Gasteiger partial charge in [0.1, 0.15) is 5.75 Å². The summed E-state index contributed by atoms with van der Waals surface area (Å²) in [6, 6.07) is 15.8. The first-order valence-corrected chi connectivity index (χ1v) is 9.89. The van der Waals surface area contributed by atoms with Gasteiger partial charge in [0.15, 0.2) is 12.5 Å². The van der Waals surface area contributed by atoms with E-state index in [1.54, 1.807) is 7.11 Å². The topological polar surface area (TPSA) is 36.4 Å². The van der Waals surface area contributed by atoms with Gasteiger partial charge in [0.25, 0.3) is 0 Å². The molecule has 1 aliphatic heterocycles. The van der Waals surface area contributed by atoms with Crippen LogP contribution in [0.25, 0.3) is 17.1 Å². The van der Waals surface area contributed by atoms with Gasteiger partial charge in [0.2, 0.25) is 4.77 Å². The minimum Gasteiger partial charge on any atom is -0.495 e. The van der Waals surface area contributed by atoms with Crippen molar-refractivity contribution in [3.05, 3.63) is 58.3 Å². The fourth-order valence-electron chi connectivity index (χ4n) is 3.56. The number of benzene rings is 2. The van der Waals surface area contributed by atoms with E-state index in [2.05, 4.69) is 0 Å². The first kappa shape index (κ1) is 18.2. The highest BCUT2D eigenvalue weighted by Gasteiger charge is 2.20. The number of ether oxygens (including phenoxy) is 1. The molecule has 7 heteroatoms. The van der Waals surface area contributed by atoms with Gasteiger partial charge in [0, 0.05) is 18.4 Å². The van der Waals surface area contributed by atoms with E-state index in [4.69, 9.17) is 33.7 Å². The zero-order chi connectivity index (χ0) is 18.8. The summed E-state index contributed by atoms with van der Waals surface area (Å²) in [4.78, 5) is 1.52. The summed E-state index contributed by atoms with van der Waals surface area (Å²) in [5.41, 5.74) is 1.90. The molecule has 140 valence electrons. The van der Waals surface area contributed by atoms with Gasteiger partial charge in [-0.15, -0.1) is 5.10 Å². The van der Waals surface area contributed by atoms with Crippen molar-refractivity contribution in [1.29, 1.82) is 0 Å². The number of quaternary nitrogens is 1. The fraction of sp³-hybridized carbons (Fsp3) is 0.300. The molecule has 0 aliphatic carbocycles. The van der Waals surface area contributed by atoms with Gasteiger partial charge >= 0.3 is 0 Å². The zero-order valence-corrected chi connectivity index (χ0v) is 16.8. The summed E-state index contributed by atoms with van der Waals surface area (Å²) in [5.74, 6) is 1.46. The molecule has 0 atom stereocenters. The molecule has 27 heavy (non-hydrogen) atoms. The molecule has 0 saturated carbocycles. The number of hydrogen-bond donors (Lipinski definition) is 1. The van der Waals surface area contributed by atoms with Gasteiger partial charge in [-0.05, 0) is 30.4 Å². The molecule has 0 amide bonds. The number of nitrogens with zero attached hydrogens (tertiary/aromatic N) is 3. The van der Waals surface area contributed by atoms with Crippen molar-refractivity contribution >= 4 is 23.8 Å². The Morgan fingerprint density at radius 1 is 1.15 bits per heavy atom. The molecule has 4 rings (SSSR count). The third kappa shape index (κ3) is 3.65. The van der Waals surface area contributed by atoms with Crippen molar-refractivity contribution in [2.75, 3.05) is 20.2 Å². The molecule has 1 aliphatic rings. The number of aromatic nitrogens is 3. The highest BCUT2D eigenvalue weighted by molar-refractivity contribution is 7.71. The van der Waals surface area contributed by atoms with Crippen molar-refractivity contribution in [3.63, 3.8) is 0 Å². The molecule has 3 aromatic rings. The Morgan fingerprint density at radius 3 is 2.56 bits per heavy atom. The van der Waals surface area contributed by atoms with Crippen molar-refractivity contribution < 1.29 is 9.64 Å². The zero-order valence-electron chi connectivity index (χ0n) is 15.2. The second kappa shape index (κ2) is 7.84. The molecule has 0 unspecified atom stereocenters. The first-order valence-electron chi connectivity index (χ1n) is 9.10. The summed E-state index contributed by atoms with van der Waals surface area (Å²) >= 11 is 12.2. The predicted molar refractivity (Wildman–Crippen MR) is 109 cm³/mol. The van der Waals surface area contributed by atoms with Crippen LogP contribution in [0.5, 0.6) is 5.75 Å². The molecular weight excluding hydrogens is 380 g/mol. The highest BCUT2D eigenvalue weighted by atomic mass is 35.5. The maximum atomic E-state index is 6.37. The largest absolute Gasteiger partial charge is 0.495 e. The summed E-state index contributed by atoms with van der Waals surface area (Å²) in [5, 5.41) is 5.42. The SMILES string of the molecule is COc1ccc(-n2c(-c3ccccc3)nn(C[NH+]3CCCC3)c2=S)cc1Cl. The Kier molecular flexibility index (Phi) is 5.29. The maximum absolute atomic E-state index is 6.37. The van der Waals surface area contributed by atoms with Crippen molar-refractivity contribution in [3.8, 4) is 22.8 Å². The molecular formula is C20H22ClN4OS+. The first-order chi connectivity index (χ1) is 13.2. The van der Waals surface area contributed by atoms with Crippen LogP contribution in [0, 0.1) is 4.77 Å². The van der Waals surface area contributed by atoms with Crippen LogP contribution in [0.2, 0.25) is 5.02 Å². The lowest BCUT2D eigenvalue weighted by molar-refractivity contribution is -0.911. The van der Waals surface area contributed by atoms with Gasteiger partial charge in [-0.25, -0.2) is 0 Å². The summed E-state index contributed by atoms with van der Waals surface area (Å²) in [6.45, 7) is 3.13. The minimum absolute atomic E-state index is 0.550. The van der Waals surface area contributed by atoms with Crippen molar-refractivity contribution in [2.45, 2.75) is 19.5 Å². The molecule has 1 N–H and O–H groups in total. The average Bonchev–Trinajstić information content (AvgIpc) is 3.31. The van der Waals surface area contributed by atoms with E-state index in [9.17, 15) is 0 Å². The lowest BCUT2D eigenvalue weighted by atomic mass is 10.2. The molecule has 1 fully saturated rings. The molecule has 0 radical (unpaired) electrons. The van der Waals surface area contributed by atoms with Gasteiger partial charge in [-0.3, -0.25) is 4.57 Å². The Labute approximate surface area is 168 Å². The minimum atomic E-state index is 0.550. The Hall–Kier alpha value is -2.15. The summed E-state index contributed by atoms with van der Waals surface area (Å²) < 4.78 is 9.89. The lowest BCUT2D eigenvalue weighted by Gasteiger charge is -2.11. The number of halogens is 1. The van der Waals surface area contributed by atoms with E-state index in [-0.39, 0.29) is 0 Å². The van der Waals surface area contributed by atoms with Crippen LogP contribution < -0.4 is 9.64 Å². The Balaban J connectivity index is 1.84. The van der Waals surface area contributed by atoms with E-state index in [1.807, 2.05) is 57.8 Å². The number of nitrogens with one attached hydrogen (secondary N) is 1. The standard InChI is InChI=1S/C20H21ClN4OS/c1-26-18-10-9-16(13-17(18)21)25-19(15-7-3-2-4-8-15)22-24(20(25)27)14-23-11-5-6-12-23/h2-4,7-10,13H,5-6,11-12,14H2,1H3/p+1.